The minimum Gasteiger partial charge on any atom is -0.493 e. The maximum Gasteiger partial charge on any atom is 0.419 e. The van der Waals surface area contributed by atoms with Gasteiger partial charge in [-0.25, -0.2) is 0 Å². The Morgan fingerprint density at radius 2 is 1.74 bits per heavy atom. The van der Waals surface area contributed by atoms with Crippen LogP contribution in [0.25, 0.3) is 0 Å². The molecule has 27 heavy (non-hydrogen) atoms. The molecule has 0 aromatic heterocycles. The van der Waals surface area contributed by atoms with Crippen molar-refractivity contribution in [2.75, 3.05) is 13.2 Å². The predicted octanol–water partition coefficient (Wildman–Crippen LogP) is 5.51. The molecule has 158 valence electrons. The monoisotopic (exact) mass is 411 g/mol. The molecule has 0 aliphatic rings. The zero-order valence-electron chi connectivity index (χ0n) is 16.3. The van der Waals surface area contributed by atoms with E-state index in [1.807, 2.05) is 6.92 Å². The van der Waals surface area contributed by atoms with Crippen molar-refractivity contribution in [1.82, 2.24) is 0 Å². The van der Waals surface area contributed by atoms with E-state index < -0.39 is 17.3 Å². The van der Waals surface area contributed by atoms with E-state index in [0.29, 0.717) is 24.8 Å². The standard InChI is InChI=1S/C20H32F3NO2.ClH/c1-3-5-6-7-8-14-26-18-16(12-13-19(24,4-2)15-25)10-9-11-17(18)20(21,22)23;/h9-11,25H,3-8,12-15,24H2,1-2H3;1H. The second-order valence-corrected chi connectivity index (χ2v) is 6.93. The summed E-state index contributed by atoms with van der Waals surface area (Å²) in [5.41, 5.74) is 5.03. The maximum atomic E-state index is 13.4. The molecule has 0 spiro atoms. The van der Waals surface area contributed by atoms with Gasteiger partial charge in [0.1, 0.15) is 5.75 Å². The van der Waals surface area contributed by atoms with Crippen LogP contribution in [-0.4, -0.2) is 23.9 Å². The predicted molar refractivity (Wildman–Crippen MR) is 106 cm³/mol. The summed E-state index contributed by atoms with van der Waals surface area (Å²) < 4.78 is 45.7. The number of hydrogen-bond acceptors (Lipinski definition) is 3. The van der Waals surface area contributed by atoms with Crippen molar-refractivity contribution in [3.63, 3.8) is 0 Å². The Labute approximate surface area is 166 Å². The minimum atomic E-state index is -4.46. The molecule has 1 atom stereocenters. The molecule has 1 aromatic carbocycles. The quantitative estimate of drug-likeness (QED) is 0.446. The van der Waals surface area contributed by atoms with Gasteiger partial charge in [0.15, 0.2) is 0 Å². The fraction of sp³-hybridized carbons (Fsp3) is 0.700. The second-order valence-electron chi connectivity index (χ2n) is 6.93. The first-order chi connectivity index (χ1) is 12.3. The SMILES string of the molecule is CCCCCCCOc1c(CCC(N)(CC)CO)cccc1C(F)(F)F.Cl. The first kappa shape index (κ1) is 26.0. The molecule has 0 fully saturated rings. The van der Waals surface area contributed by atoms with Crippen LogP contribution >= 0.6 is 12.4 Å². The van der Waals surface area contributed by atoms with Crippen LogP contribution in [0.5, 0.6) is 5.75 Å². The summed E-state index contributed by atoms with van der Waals surface area (Å²) >= 11 is 0. The highest BCUT2D eigenvalue weighted by Gasteiger charge is 2.35. The number of aliphatic hydroxyl groups excluding tert-OH is 1. The van der Waals surface area contributed by atoms with Gasteiger partial charge in [-0.15, -0.1) is 12.4 Å². The fourth-order valence-electron chi connectivity index (χ4n) is 2.81. The lowest BCUT2D eigenvalue weighted by molar-refractivity contribution is -0.139. The molecule has 1 aromatic rings. The number of unbranched alkanes of at least 4 members (excludes halogenated alkanes) is 4. The Morgan fingerprint density at radius 3 is 2.30 bits per heavy atom. The van der Waals surface area contributed by atoms with Crippen LogP contribution in [0.2, 0.25) is 0 Å². The van der Waals surface area contributed by atoms with E-state index in [-0.39, 0.29) is 31.4 Å². The molecule has 7 heteroatoms. The Bertz CT molecular complexity index is 534. The van der Waals surface area contributed by atoms with E-state index in [9.17, 15) is 18.3 Å². The van der Waals surface area contributed by atoms with Crippen LogP contribution in [0.4, 0.5) is 13.2 Å². The van der Waals surface area contributed by atoms with Gasteiger partial charge in [0.25, 0.3) is 0 Å². The van der Waals surface area contributed by atoms with Crippen molar-refractivity contribution in [2.24, 2.45) is 5.73 Å². The van der Waals surface area contributed by atoms with Crippen LogP contribution in [0.15, 0.2) is 18.2 Å². The van der Waals surface area contributed by atoms with Crippen molar-refractivity contribution in [3.05, 3.63) is 29.3 Å². The first-order valence-electron chi connectivity index (χ1n) is 9.49. The number of rotatable bonds is 12. The highest BCUT2D eigenvalue weighted by Crippen LogP contribution is 2.39. The van der Waals surface area contributed by atoms with E-state index >= 15 is 0 Å². The molecule has 0 saturated heterocycles. The molecule has 0 bridgehead atoms. The maximum absolute atomic E-state index is 13.4. The number of aliphatic hydroxyl groups is 1. The Kier molecular flexibility index (Phi) is 12.0. The zero-order valence-corrected chi connectivity index (χ0v) is 17.1. The van der Waals surface area contributed by atoms with Crippen LogP contribution < -0.4 is 10.5 Å². The average molecular weight is 412 g/mol. The number of halogens is 4. The summed E-state index contributed by atoms with van der Waals surface area (Å²) in [4.78, 5) is 0. The second kappa shape index (κ2) is 12.5. The van der Waals surface area contributed by atoms with Gasteiger partial charge in [-0.2, -0.15) is 13.2 Å². The summed E-state index contributed by atoms with van der Waals surface area (Å²) in [6, 6.07) is 4.10. The number of nitrogens with two attached hydrogens (primary N) is 1. The Balaban J connectivity index is 0.00000676. The number of benzene rings is 1. The number of para-hydroxylation sites is 1. The fourth-order valence-corrected chi connectivity index (χ4v) is 2.81. The van der Waals surface area contributed by atoms with Gasteiger partial charge < -0.3 is 15.6 Å². The Hall–Kier alpha value is -0.980. The van der Waals surface area contributed by atoms with Crippen LogP contribution in [0, 0.1) is 0 Å². The smallest absolute Gasteiger partial charge is 0.419 e. The van der Waals surface area contributed by atoms with Gasteiger partial charge in [0.05, 0.1) is 18.8 Å². The molecule has 3 N–H and O–H groups in total. The molecule has 1 unspecified atom stereocenters. The molecule has 0 aliphatic carbocycles. The van der Waals surface area contributed by atoms with E-state index in [1.165, 1.54) is 6.07 Å². The van der Waals surface area contributed by atoms with Gasteiger partial charge in [0.2, 0.25) is 0 Å². The molecular formula is C20H33ClF3NO2. The average Bonchev–Trinajstić information content (AvgIpc) is 2.62. The van der Waals surface area contributed by atoms with E-state index in [0.717, 1.165) is 38.2 Å². The van der Waals surface area contributed by atoms with Crippen molar-refractivity contribution >= 4 is 12.4 Å². The molecule has 1 rings (SSSR count). The highest BCUT2D eigenvalue weighted by atomic mass is 35.5. The van der Waals surface area contributed by atoms with E-state index in [2.05, 4.69) is 6.92 Å². The number of hydrogen-bond donors (Lipinski definition) is 2. The van der Waals surface area contributed by atoms with Crippen LogP contribution in [0.3, 0.4) is 0 Å². The molecule has 0 radical (unpaired) electrons. The van der Waals surface area contributed by atoms with Gasteiger partial charge in [-0.1, -0.05) is 51.7 Å². The van der Waals surface area contributed by atoms with Crippen LogP contribution in [-0.2, 0) is 12.6 Å². The molecule has 0 saturated carbocycles. The lowest BCUT2D eigenvalue weighted by atomic mass is 9.90. The van der Waals surface area contributed by atoms with E-state index in [1.54, 1.807) is 6.07 Å². The van der Waals surface area contributed by atoms with Crippen molar-refractivity contribution in [3.8, 4) is 5.75 Å². The highest BCUT2D eigenvalue weighted by molar-refractivity contribution is 5.85. The summed E-state index contributed by atoms with van der Waals surface area (Å²) in [6.07, 6.45) is 1.81. The topological polar surface area (TPSA) is 55.5 Å². The van der Waals surface area contributed by atoms with Gasteiger partial charge >= 0.3 is 6.18 Å². The Morgan fingerprint density at radius 1 is 1.07 bits per heavy atom. The van der Waals surface area contributed by atoms with E-state index in [4.69, 9.17) is 10.5 Å². The number of alkyl halides is 3. The van der Waals surface area contributed by atoms with Crippen molar-refractivity contribution < 1.29 is 23.0 Å². The first-order valence-corrected chi connectivity index (χ1v) is 9.49. The van der Waals surface area contributed by atoms with Gasteiger partial charge in [-0.3, -0.25) is 0 Å². The lowest BCUT2D eigenvalue weighted by Gasteiger charge is -2.26. The summed E-state index contributed by atoms with van der Waals surface area (Å²) in [7, 11) is 0. The number of ether oxygens (including phenoxy) is 1. The zero-order chi connectivity index (χ0) is 19.6. The summed E-state index contributed by atoms with van der Waals surface area (Å²) in [6.45, 7) is 4.04. The third-order valence-electron chi connectivity index (χ3n) is 4.81. The molecular weight excluding hydrogens is 379 g/mol. The lowest BCUT2D eigenvalue weighted by Crippen LogP contribution is -2.43. The number of aryl methyl sites for hydroxylation is 1. The molecule has 0 aliphatic heterocycles. The third-order valence-corrected chi connectivity index (χ3v) is 4.81. The van der Waals surface area contributed by atoms with Gasteiger partial charge in [0, 0.05) is 5.54 Å². The normalized spacial score (nSPS) is 13.7. The van der Waals surface area contributed by atoms with Crippen molar-refractivity contribution in [1.29, 1.82) is 0 Å². The summed E-state index contributed by atoms with van der Waals surface area (Å²) in [5, 5.41) is 9.42. The van der Waals surface area contributed by atoms with Crippen molar-refractivity contribution in [2.45, 2.75) is 76.9 Å². The summed E-state index contributed by atoms with van der Waals surface area (Å²) in [5.74, 6) is -0.0908. The van der Waals surface area contributed by atoms with Crippen LogP contribution in [0.1, 0.15) is 69.9 Å². The molecule has 0 amide bonds. The molecule has 0 heterocycles. The largest absolute Gasteiger partial charge is 0.493 e. The van der Waals surface area contributed by atoms with Gasteiger partial charge in [-0.05, 0) is 37.3 Å². The minimum absolute atomic E-state index is 0. The molecule has 3 nitrogen and oxygen atoms in total. The third kappa shape index (κ3) is 8.71.